The molecule has 0 saturated carbocycles. The summed E-state index contributed by atoms with van der Waals surface area (Å²) in [6.07, 6.45) is 13.7. The quantitative estimate of drug-likeness (QED) is 0.487. The van der Waals surface area contributed by atoms with Crippen molar-refractivity contribution in [2.45, 2.75) is 64.1 Å². The predicted octanol–water partition coefficient (Wildman–Crippen LogP) is 3.85. The van der Waals surface area contributed by atoms with Gasteiger partial charge in [0.2, 0.25) is 0 Å². The Morgan fingerprint density at radius 1 is 1.29 bits per heavy atom. The van der Waals surface area contributed by atoms with E-state index in [0.717, 1.165) is 6.42 Å². The summed E-state index contributed by atoms with van der Waals surface area (Å²) < 4.78 is 6.01. The van der Waals surface area contributed by atoms with Crippen LogP contribution >= 0.6 is 0 Å². The molecule has 0 aromatic rings. The van der Waals surface area contributed by atoms with Gasteiger partial charge in [-0.2, -0.15) is 0 Å². The molecule has 0 saturated heterocycles. The minimum Gasteiger partial charge on any atom is -0.390 e. The molecular formula is C18H28O2Si. The van der Waals surface area contributed by atoms with Crippen molar-refractivity contribution in [3.05, 3.63) is 36.5 Å². The normalized spacial score (nSPS) is 28.9. The fraction of sp³-hybridized carbons (Fsp3) is 0.556. The van der Waals surface area contributed by atoms with E-state index < -0.39 is 14.2 Å². The third-order valence-corrected chi connectivity index (χ3v) is 4.01. The molecule has 1 rings (SSSR count). The van der Waals surface area contributed by atoms with Gasteiger partial charge in [0.1, 0.15) is 8.07 Å². The molecule has 0 amide bonds. The maximum atomic E-state index is 10.2. The minimum absolute atomic E-state index is 0.0488. The van der Waals surface area contributed by atoms with Crippen molar-refractivity contribution < 1.29 is 9.84 Å². The van der Waals surface area contributed by atoms with E-state index in [1.807, 2.05) is 37.3 Å². The molecule has 3 atom stereocenters. The zero-order valence-corrected chi connectivity index (χ0v) is 14.7. The Labute approximate surface area is 130 Å². The fourth-order valence-corrected chi connectivity index (χ4v) is 2.58. The molecule has 0 spiro atoms. The summed E-state index contributed by atoms with van der Waals surface area (Å²) in [7, 11) is -1.31. The first-order valence-electron chi connectivity index (χ1n) is 7.71. The van der Waals surface area contributed by atoms with Gasteiger partial charge in [0, 0.05) is 0 Å². The van der Waals surface area contributed by atoms with Crippen LogP contribution in [0.4, 0.5) is 0 Å². The van der Waals surface area contributed by atoms with Gasteiger partial charge in [0.25, 0.3) is 0 Å². The van der Waals surface area contributed by atoms with Crippen LogP contribution in [-0.4, -0.2) is 31.5 Å². The van der Waals surface area contributed by atoms with Gasteiger partial charge >= 0.3 is 0 Å². The van der Waals surface area contributed by atoms with Crippen molar-refractivity contribution in [3.8, 4) is 11.5 Å². The highest BCUT2D eigenvalue weighted by molar-refractivity contribution is 6.83. The van der Waals surface area contributed by atoms with Crippen molar-refractivity contribution in [1.82, 2.24) is 0 Å². The molecule has 0 aromatic heterocycles. The first kappa shape index (κ1) is 18.0. The average Bonchev–Trinajstić information content (AvgIpc) is 2.38. The van der Waals surface area contributed by atoms with E-state index in [1.54, 1.807) is 0 Å². The Bertz CT molecular complexity index is 446. The third-order valence-electron chi connectivity index (χ3n) is 3.12. The van der Waals surface area contributed by atoms with Crippen molar-refractivity contribution in [2.24, 2.45) is 0 Å². The first-order valence-corrected chi connectivity index (χ1v) is 11.2. The maximum absolute atomic E-state index is 10.2. The number of hydrogen-bond acceptors (Lipinski definition) is 2. The molecule has 21 heavy (non-hydrogen) atoms. The van der Waals surface area contributed by atoms with Crippen LogP contribution in [0.2, 0.25) is 19.6 Å². The second kappa shape index (κ2) is 9.04. The van der Waals surface area contributed by atoms with E-state index in [0.29, 0.717) is 12.8 Å². The van der Waals surface area contributed by atoms with E-state index in [9.17, 15) is 5.11 Å². The van der Waals surface area contributed by atoms with Crippen molar-refractivity contribution in [1.29, 1.82) is 0 Å². The number of allylic oxidation sites excluding steroid dienone is 2. The molecule has 0 fully saturated rings. The van der Waals surface area contributed by atoms with Gasteiger partial charge in [-0.3, -0.25) is 0 Å². The molecule has 1 aliphatic rings. The van der Waals surface area contributed by atoms with Gasteiger partial charge in [0.15, 0.2) is 0 Å². The summed E-state index contributed by atoms with van der Waals surface area (Å²) in [5.41, 5.74) is 3.30. The standard InChI is InChI=1S/C18H28O2Si/c1-5-11-16-12-8-9-13-17(19)18(20-16)14-7-6-10-15-21(2,3)4/h5-9,11,16-19H,12-14H2,1-4H3/b7-6+,9-8-,11-5+/t16-,17-,18+/m0/s1. The van der Waals surface area contributed by atoms with E-state index in [-0.39, 0.29) is 12.2 Å². The summed E-state index contributed by atoms with van der Waals surface area (Å²) in [6, 6.07) is 0. The summed E-state index contributed by atoms with van der Waals surface area (Å²) in [5.74, 6) is 3.11. The molecule has 0 bridgehead atoms. The molecule has 0 unspecified atom stereocenters. The lowest BCUT2D eigenvalue weighted by Gasteiger charge is -2.27. The van der Waals surface area contributed by atoms with Crippen molar-refractivity contribution >= 4 is 8.07 Å². The zero-order valence-electron chi connectivity index (χ0n) is 13.7. The molecule has 1 N–H and O–H groups in total. The Kier molecular flexibility index (Phi) is 7.74. The van der Waals surface area contributed by atoms with E-state index in [2.05, 4.69) is 37.2 Å². The minimum atomic E-state index is -1.31. The van der Waals surface area contributed by atoms with Gasteiger partial charge in [-0.05, 0) is 32.3 Å². The van der Waals surface area contributed by atoms with Gasteiger partial charge in [-0.25, -0.2) is 0 Å². The summed E-state index contributed by atoms with van der Waals surface area (Å²) in [6.45, 7) is 8.67. The Morgan fingerprint density at radius 2 is 2.00 bits per heavy atom. The van der Waals surface area contributed by atoms with Crippen LogP contribution < -0.4 is 0 Å². The van der Waals surface area contributed by atoms with Gasteiger partial charge in [-0.1, -0.05) is 55.9 Å². The molecular weight excluding hydrogens is 276 g/mol. The second-order valence-electron chi connectivity index (χ2n) is 6.41. The predicted molar refractivity (Wildman–Crippen MR) is 92.7 cm³/mol. The molecule has 116 valence electrons. The highest BCUT2D eigenvalue weighted by Gasteiger charge is 2.22. The van der Waals surface area contributed by atoms with Gasteiger partial charge < -0.3 is 9.84 Å². The van der Waals surface area contributed by atoms with Crippen LogP contribution in [0.5, 0.6) is 0 Å². The molecule has 2 nitrogen and oxygen atoms in total. The lowest BCUT2D eigenvalue weighted by atomic mass is 10.0. The second-order valence-corrected chi connectivity index (χ2v) is 11.2. The Balaban J connectivity index is 2.62. The highest BCUT2D eigenvalue weighted by atomic mass is 28.3. The number of hydrogen-bond donors (Lipinski definition) is 1. The van der Waals surface area contributed by atoms with Crippen molar-refractivity contribution in [2.75, 3.05) is 0 Å². The number of rotatable bonds is 3. The Hall–Kier alpha value is -1.08. The van der Waals surface area contributed by atoms with Crippen LogP contribution in [0.25, 0.3) is 0 Å². The lowest BCUT2D eigenvalue weighted by molar-refractivity contribution is -0.0592. The largest absolute Gasteiger partial charge is 0.390 e. The molecule has 0 radical (unpaired) electrons. The van der Waals surface area contributed by atoms with Gasteiger partial charge in [-0.15, -0.1) is 5.54 Å². The van der Waals surface area contributed by atoms with Crippen molar-refractivity contribution in [3.63, 3.8) is 0 Å². The van der Waals surface area contributed by atoms with Crippen LogP contribution in [-0.2, 0) is 4.74 Å². The Morgan fingerprint density at radius 3 is 2.67 bits per heavy atom. The summed E-state index contributed by atoms with van der Waals surface area (Å²) >= 11 is 0. The van der Waals surface area contributed by atoms with E-state index in [4.69, 9.17) is 4.74 Å². The lowest BCUT2D eigenvalue weighted by Crippen LogP contribution is -2.32. The monoisotopic (exact) mass is 304 g/mol. The van der Waals surface area contributed by atoms with Crippen LogP contribution in [0, 0.1) is 11.5 Å². The van der Waals surface area contributed by atoms with Gasteiger partial charge in [0.05, 0.1) is 18.3 Å². The third kappa shape index (κ3) is 8.06. The number of aliphatic hydroxyl groups excluding tert-OH is 1. The SMILES string of the molecule is C/C=C/[C@H]1C/C=C\C[C@H](O)[C@@H](C/C=C/C#C[Si](C)(C)C)O1. The average molecular weight is 305 g/mol. The molecule has 1 heterocycles. The summed E-state index contributed by atoms with van der Waals surface area (Å²) in [4.78, 5) is 0. The topological polar surface area (TPSA) is 29.5 Å². The van der Waals surface area contributed by atoms with Crippen LogP contribution in [0.15, 0.2) is 36.5 Å². The summed E-state index contributed by atoms with van der Waals surface area (Å²) in [5, 5.41) is 10.2. The van der Waals surface area contributed by atoms with Crippen LogP contribution in [0.1, 0.15) is 26.2 Å². The van der Waals surface area contributed by atoms with Crippen LogP contribution in [0.3, 0.4) is 0 Å². The fourth-order valence-electron chi connectivity index (χ4n) is 2.06. The zero-order chi connectivity index (χ0) is 15.7. The molecule has 3 heteroatoms. The first-order chi connectivity index (χ1) is 9.92. The number of aliphatic hydroxyl groups is 1. The van der Waals surface area contributed by atoms with E-state index in [1.165, 1.54) is 0 Å². The number of ether oxygens (including phenoxy) is 1. The maximum Gasteiger partial charge on any atom is 0.129 e. The van der Waals surface area contributed by atoms with E-state index >= 15 is 0 Å². The molecule has 0 aromatic carbocycles. The smallest absolute Gasteiger partial charge is 0.129 e. The molecule has 1 aliphatic heterocycles. The molecule has 0 aliphatic carbocycles. The highest BCUT2D eigenvalue weighted by Crippen LogP contribution is 2.18.